The molecule has 0 unspecified atom stereocenters. The summed E-state index contributed by atoms with van der Waals surface area (Å²) < 4.78 is 10.7. The molecule has 6 nitrogen and oxygen atoms in total. The number of likely N-dealkylation sites (N-methyl/N-ethyl adjacent to an activating group) is 1. The molecule has 1 aromatic carbocycles. The highest BCUT2D eigenvalue weighted by Crippen LogP contribution is 2.36. The first-order valence-electron chi connectivity index (χ1n) is 6.48. The molecule has 21 heavy (non-hydrogen) atoms. The van der Waals surface area contributed by atoms with Crippen molar-refractivity contribution < 1.29 is 29.0 Å². The average Bonchev–Trinajstić information content (AvgIpc) is 2.38. The lowest BCUT2D eigenvalue weighted by atomic mass is 10.1. The zero-order valence-electron chi connectivity index (χ0n) is 12.8. The third kappa shape index (κ3) is 5.74. The van der Waals surface area contributed by atoms with E-state index in [0.717, 1.165) is 0 Å². The van der Waals surface area contributed by atoms with Gasteiger partial charge in [-0.05, 0) is 23.8 Å². The van der Waals surface area contributed by atoms with Crippen LogP contribution < -0.4 is 4.74 Å². The van der Waals surface area contributed by atoms with E-state index < -0.39 is 5.97 Å². The molecule has 0 fully saturated rings. The van der Waals surface area contributed by atoms with Crippen LogP contribution in [0.4, 0.5) is 0 Å². The van der Waals surface area contributed by atoms with E-state index in [1.165, 1.54) is 31.4 Å². The average molecular weight is 296 g/mol. The Hall–Kier alpha value is -2.21. The van der Waals surface area contributed by atoms with Gasteiger partial charge in [0.25, 0.3) is 0 Å². The molecule has 0 amide bonds. The molecule has 0 aliphatic carbocycles. The van der Waals surface area contributed by atoms with Crippen LogP contribution in [-0.2, 0) is 9.53 Å². The van der Waals surface area contributed by atoms with E-state index >= 15 is 0 Å². The van der Waals surface area contributed by atoms with Crippen LogP contribution in [0, 0.1) is 0 Å². The fourth-order valence-electron chi connectivity index (χ4n) is 1.50. The van der Waals surface area contributed by atoms with Crippen molar-refractivity contribution in [2.75, 3.05) is 41.4 Å². The number of carbonyl (C=O) groups excluding carboxylic acids is 1. The Morgan fingerprint density at radius 3 is 2.52 bits per heavy atom. The SMILES string of the molecule is COc1cc(/C=C/C(=O)OCC[N+](C)(C)C)cc(O)c1O. The minimum absolute atomic E-state index is 0.132. The molecule has 0 aromatic heterocycles. The van der Waals surface area contributed by atoms with Gasteiger partial charge in [-0.15, -0.1) is 0 Å². The molecule has 0 saturated heterocycles. The van der Waals surface area contributed by atoms with Crippen molar-refractivity contribution in [3.63, 3.8) is 0 Å². The maximum absolute atomic E-state index is 11.5. The van der Waals surface area contributed by atoms with Gasteiger partial charge in [-0.1, -0.05) is 0 Å². The van der Waals surface area contributed by atoms with E-state index in [0.29, 0.717) is 23.2 Å². The lowest BCUT2D eigenvalue weighted by Crippen LogP contribution is -2.37. The van der Waals surface area contributed by atoms with E-state index in [9.17, 15) is 15.0 Å². The molecule has 0 bridgehead atoms. The van der Waals surface area contributed by atoms with Gasteiger partial charge in [-0.25, -0.2) is 4.79 Å². The topological polar surface area (TPSA) is 76.0 Å². The number of hydrogen-bond donors (Lipinski definition) is 2. The van der Waals surface area contributed by atoms with Gasteiger partial charge >= 0.3 is 5.97 Å². The Kier molecular flexibility index (Phi) is 5.60. The van der Waals surface area contributed by atoms with Gasteiger partial charge in [0, 0.05) is 6.08 Å². The van der Waals surface area contributed by atoms with Crippen LogP contribution in [-0.4, -0.2) is 62.1 Å². The smallest absolute Gasteiger partial charge is 0.330 e. The highest BCUT2D eigenvalue weighted by molar-refractivity contribution is 5.87. The molecule has 0 atom stereocenters. The predicted molar refractivity (Wildman–Crippen MR) is 79.2 cm³/mol. The van der Waals surface area contributed by atoms with Gasteiger partial charge < -0.3 is 24.2 Å². The number of esters is 1. The predicted octanol–water partition coefficient (Wildman–Crippen LogP) is 1.37. The molecule has 0 aliphatic heterocycles. The molecular weight excluding hydrogens is 274 g/mol. The number of methoxy groups -OCH3 is 1. The standard InChI is InChI=1S/C15H21NO5/c1-16(2,3)7-8-21-14(18)6-5-11-9-12(17)15(19)13(10-11)20-4/h5-6,9-10H,7-8H2,1-4H3,(H-,17,18,19)/p+1. The van der Waals surface area contributed by atoms with E-state index in [1.54, 1.807) is 0 Å². The van der Waals surface area contributed by atoms with Crippen molar-refractivity contribution in [3.8, 4) is 17.2 Å². The molecule has 0 radical (unpaired) electrons. The largest absolute Gasteiger partial charge is 0.504 e. The Balaban J connectivity index is 2.64. The number of ether oxygens (including phenoxy) is 2. The second-order valence-electron chi connectivity index (χ2n) is 5.61. The van der Waals surface area contributed by atoms with Gasteiger partial charge in [-0.3, -0.25) is 0 Å². The summed E-state index contributed by atoms with van der Waals surface area (Å²) in [6.45, 7) is 1.05. The molecule has 0 heterocycles. The number of quaternary nitrogens is 1. The minimum atomic E-state index is -0.463. The molecule has 116 valence electrons. The van der Waals surface area contributed by atoms with Crippen LogP contribution >= 0.6 is 0 Å². The Morgan fingerprint density at radius 1 is 1.29 bits per heavy atom. The molecule has 0 spiro atoms. The van der Waals surface area contributed by atoms with Crippen LogP contribution in [0.15, 0.2) is 18.2 Å². The quantitative estimate of drug-likeness (QED) is 0.359. The third-order valence-electron chi connectivity index (χ3n) is 2.72. The van der Waals surface area contributed by atoms with Gasteiger partial charge in [0.2, 0.25) is 5.75 Å². The van der Waals surface area contributed by atoms with Gasteiger partial charge in [0.15, 0.2) is 11.5 Å². The Bertz CT molecular complexity index is 532. The van der Waals surface area contributed by atoms with Gasteiger partial charge in [0.05, 0.1) is 28.3 Å². The second-order valence-corrected chi connectivity index (χ2v) is 5.61. The number of hydrogen-bond acceptors (Lipinski definition) is 5. The number of carbonyl (C=O) groups is 1. The molecule has 6 heteroatoms. The van der Waals surface area contributed by atoms with Crippen molar-refractivity contribution in [1.82, 2.24) is 0 Å². The molecule has 0 aliphatic rings. The molecule has 1 aromatic rings. The number of phenols is 2. The summed E-state index contributed by atoms with van der Waals surface area (Å²) >= 11 is 0. The number of rotatable bonds is 6. The Morgan fingerprint density at radius 2 is 1.95 bits per heavy atom. The molecule has 2 N–H and O–H groups in total. The van der Waals surface area contributed by atoms with Crippen molar-refractivity contribution >= 4 is 12.0 Å². The summed E-state index contributed by atoms with van der Waals surface area (Å²) in [6.07, 6.45) is 2.75. The highest BCUT2D eigenvalue weighted by atomic mass is 16.5. The van der Waals surface area contributed by atoms with Crippen molar-refractivity contribution in [1.29, 1.82) is 0 Å². The van der Waals surface area contributed by atoms with Crippen LogP contribution in [0.1, 0.15) is 5.56 Å². The zero-order valence-corrected chi connectivity index (χ0v) is 12.8. The van der Waals surface area contributed by atoms with Crippen molar-refractivity contribution in [2.45, 2.75) is 0 Å². The molecule has 1 rings (SSSR count). The molecule has 0 saturated carbocycles. The van der Waals surface area contributed by atoms with E-state index in [1.807, 2.05) is 21.1 Å². The van der Waals surface area contributed by atoms with Gasteiger partial charge in [-0.2, -0.15) is 0 Å². The zero-order chi connectivity index (χ0) is 16.0. The first kappa shape index (κ1) is 16.8. The van der Waals surface area contributed by atoms with E-state index in [-0.39, 0.29) is 17.2 Å². The maximum Gasteiger partial charge on any atom is 0.330 e. The number of aromatic hydroxyl groups is 2. The number of phenolic OH excluding ortho intramolecular Hbond substituents is 2. The summed E-state index contributed by atoms with van der Waals surface area (Å²) in [5, 5.41) is 19.0. The summed E-state index contributed by atoms with van der Waals surface area (Å²) in [5.41, 5.74) is 0.519. The normalized spacial score (nSPS) is 11.6. The van der Waals surface area contributed by atoms with Crippen LogP contribution in [0.2, 0.25) is 0 Å². The summed E-state index contributed by atoms with van der Waals surface area (Å²) in [4.78, 5) is 11.5. The lowest BCUT2D eigenvalue weighted by Gasteiger charge is -2.23. The summed E-state index contributed by atoms with van der Waals surface area (Å²) in [7, 11) is 7.40. The van der Waals surface area contributed by atoms with Gasteiger partial charge in [0.1, 0.15) is 13.2 Å². The lowest BCUT2D eigenvalue weighted by molar-refractivity contribution is -0.870. The Labute approximate surface area is 124 Å². The highest BCUT2D eigenvalue weighted by Gasteiger charge is 2.09. The summed E-state index contributed by atoms with van der Waals surface area (Å²) in [6, 6.07) is 2.83. The summed E-state index contributed by atoms with van der Waals surface area (Å²) in [5.74, 6) is -0.976. The van der Waals surface area contributed by atoms with Crippen molar-refractivity contribution in [2.24, 2.45) is 0 Å². The first-order valence-corrected chi connectivity index (χ1v) is 6.48. The number of nitrogens with zero attached hydrogens (tertiary/aromatic N) is 1. The fourth-order valence-corrected chi connectivity index (χ4v) is 1.50. The second kappa shape index (κ2) is 6.99. The van der Waals surface area contributed by atoms with Crippen molar-refractivity contribution in [3.05, 3.63) is 23.8 Å². The minimum Gasteiger partial charge on any atom is -0.504 e. The maximum atomic E-state index is 11.5. The van der Waals surface area contributed by atoms with Crippen LogP contribution in [0.5, 0.6) is 17.2 Å². The van der Waals surface area contributed by atoms with E-state index in [2.05, 4.69) is 0 Å². The first-order chi connectivity index (χ1) is 9.73. The number of benzene rings is 1. The third-order valence-corrected chi connectivity index (χ3v) is 2.72. The monoisotopic (exact) mass is 296 g/mol. The fraction of sp³-hybridized carbons (Fsp3) is 0.400. The van der Waals surface area contributed by atoms with Crippen LogP contribution in [0.25, 0.3) is 6.08 Å². The van der Waals surface area contributed by atoms with E-state index in [4.69, 9.17) is 9.47 Å². The van der Waals surface area contributed by atoms with Crippen LogP contribution in [0.3, 0.4) is 0 Å². The molecular formula is C15H22NO5+.